The highest BCUT2D eigenvalue weighted by molar-refractivity contribution is 6.31. The highest BCUT2D eigenvalue weighted by Gasteiger charge is 2.08. The number of halogens is 1. The highest BCUT2D eigenvalue weighted by atomic mass is 35.5. The first-order valence-electron chi connectivity index (χ1n) is 6.57. The molecule has 0 unspecified atom stereocenters. The molecule has 0 saturated heterocycles. The van der Waals surface area contributed by atoms with Crippen LogP contribution in [0.1, 0.15) is 12.5 Å². The standard InChI is InChI=1S/C16H18ClNO2/c1-3-19-12-6-4-7-13(10-12)20-16-9-5-8-15(17)14(16)11-18-2/h4-10,18H,3,11H2,1-2H3. The fourth-order valence-electron chi connectivity index (χ4n) is 1.90. The molecule has 0 heterocycles. The van der Waals surface area contributed by atoms with Crippen LogP contribution in [0.5, 0.6) is 17.2 Å². The molecule has 20 heavy (non-hydrogen) atoms. The third-order valence-electron chi connectivity index (χ3n) is 2.77. The zero-order valence-corrected chi connectivity index (χ0v) is 12.4. The van der Waals surface area contributed by atoms with Crippen molar-refractivity contribution < 1.29 is 9.47 Å². The van der Waals surface area contributed by atoms with Crippen LogP contribution in [-0.2, 0) is 6.54 Å². The number of hydrogen-bond donors (Lipinski definition) is 1. The van der Waals surface area contributed by atoms with E-state index in [4.69, 9.17) is 21.1 Å². The average Bonchev–Trinajstić information content (AvgIpc) is 2.44. The Morgan fingerprint density at radius 2 is 1.85 bits per heavy atom. The second-order valence-corrected chi connectivity index (χ2v) is 4.66. The Balaban J connectivity index is 2.25. The minimum atomic E-state index is 0.631. The van der Waals surface area contributed by atoms with Crippen molar-refractivity contribution in [1.82, 2.24) is 5.32 Å². The molecule has 0 aliphatic heterocycles. The number of hydrogen-bond acceptors (Lipinski definition) is 3. The van der Waals surface area contributed by atoms with Crippen LogP contribution in [-0.4, -0.2) is 13.7 Å². The Bertz CT molecular complexity index is 572. The fraction of sp³-hybridized carbons (Fsp3) is 0.250. The maximum absolute atomic E-state index is 6.21. The van der Waals surface area contributed by atoms with Crippen LogP contribution in [0, 0.1) is 0 Å². The number of benzene rings is 2. The SMILES string of the molecule is CCOc1cccc(Oc2cccc(Cl)c2CNC)c1. The summed E-state index contributed by atoms with van der Waals surface area (Å²) in [6, 6.07) is 13.2. The van der Waals surface area contributed by atoms with E-state index >= 15 is 0 Å². The van der Waals surface area contributed by atoms with Gasteiger partial charge in [0.25, 0.3) is 0 Å². The molecule has 4 heteroatoms. The summed E-state index contributed by atoms with van der Waals surface area (Å²) >= 11 is 6.21. The molecule has 2 rings (SSSR count). The molecule has 106 valence electrons. The Labute approximate surface area is 124 Å². The predicted molar refractivity (Wildman–Crippen MR) is 81.9 cm³/mol. The van der Waals surface area contributed by atoms with Gasteiger partial charge in [0.05, 0.1) is 6.61 Å². The van der Waals surface area contributed by atoms with Crippen LogP contribution in [0.3, 0.4) is 0 Å². The summed E-state index contributed by atoms with van der Waals surface area (Å²) in [4.78, 5) is 0. The Kier molecular flexibility index (Phi) is 5.27. The first kappa shape index (κ1) is 14.7. The molecule has 0 radical (unpaired) electrons. The van der Waals surface area contributed by atoms with Crippen molar-refractivity contribution in [2.45, 2.75) is 13.5 Å². The first-order chi connectivity index (χ1) is 9.74. The van der Waals surface area contributed by atoms with Crippen molar-refractivity contribution in [3.63, 3.8) is 0 Å². The van der Waals surface area contributed by atoms with Crippen molar-refractivity contribution >= 4 is 11.6 Å². The van der Waals surface area contributed by atoms with E-state index in [0.29, 0.717) is 18.2 Å². The van der Waals surface area contributed by atoms with E-state index in [1.165, 1.54) is 0 Å². The van der Waals surface area contributed by atoms with Gasteiger partial charge in [-0.05, 0) is 38.2 Å². The quantitative estimate of drug-likeness (QED) is 0.863. The van der Waals surface area contributed by atoms with Crippen LogP contribution in [0.25, 0.3) is 0 Å². The van der Waals surface area contributed by atoms with Gasteiger partial charge in [-0.1, -0.05) is 23.7 Å². The zero-order chi connectivity index (χ0) is 14.4. The molecule has 1 N–H and O–H groups in total. The summed E-state index contributed by atoms with van der Waals surface area (Å²) in [5.41, 5.74) is 0.943. The van der Waals surface area contributed by atoms with Gasteiger partial charge in [0.2, 0.25) is 0 Å². The third kappa shape index (κ3) is 3.65. The lowest BCUT2D eigenvalue weighted by Crippen LogP contribution is -2.07. The molecule has 0 aliphatic rings. The van der Waals surface area contributed by atoms with Crippen molar-refractivity contribution in [3.05, 3.63) is 53.1 Å². The summed E-state index contributed by atoms with van der Waals surface area (Å²) in [5.74, 6) is 2.28. The topological polar surface area (TPSA) is 30.5 Å². The van der Waals surface area contributed by atoms with Gasteiger partial charge in [0.15, 0.2) is 0 Å². The second kappa shape index (κ2) is 7.17. The van der Waals surface area contributed by atoms with E-state index in [1.54, 1.807) is 0 Å². The Hall–Kier alpha value is -1.71. The van der Waals surface area contributed by atoms with E-state index in [2.05, 4.69) is 5.32 Å². The third-order valence-corrected chi connectivity index (χ3v) is 3.13. The lowest BCUT2D eigenvalue weighted by atomic mass is 10.2. The van der Waals surface area contributed by atoms with Gasteiger partial charge in [-0.15, -0.1) is 0 Å². The lowest BCUT2D eigenvalue weighted by molar-refractivity contribution is 0.338. The molecule has 0 amide bonds. The molecule has 0 aromatic heterocycles. The van der Waals surface area contributed by atoms with E-state index in [0.717, 1.165) is 22.8 Å². The van der Waals surface area contributed by atoms with Crippen molar-refractivity contribution in [2.24, 2.45) is 0 Å². The smallest absolute Gasteiger partial charge is 0.133 e. The summed E-state index contributed by atoms with van der Waals surface area (Å²) in [6.45, 7) is 3.24. The van der Waals surface area contributed by atoms with E-state index in [1.807, 2.05) is 56.4 Å². The maximum Gasteiger partial charge on any atom is 0.133 e. The van der Waals surface area contributed by atoms with Crippen molar-refractivity contribution in [2.75, 3.05) is 13.7 Å². The zero-order valence-electron chi connectivity index (χ0n) is 11.7. The average molecular weight is 292 g/mol. The molecular weight excluding hydrogens is 274 g/mol. The molecule has 0 spiro atoms. The van der Waals surface area contributed by atoms with Gasteiger partial charge >= 0.3 is 0 Å². The lowest BCUT2D eigenvalue weighted by Gasteiger charge is -2.13. The highest BCUT2D eigenvalue weighted by Crippen LogP contribution is 2.31. The fourth-order valence-corrected chi connectivity index (χ4v) is 2.14. The van der Waals surface area contributed by atoms with Crippen LogP contribution >= 0.6 is 11.6 Å². The van der Waals surface area contributed by atoms with Crippen LogP contribution in [0.2, 0.25) is 5.02 Å². The van der Waals surface area contributed by atoms with Gasteiger partial charge in [0.1, 0.15) is 17.2 Å². The summed E-state index contributed by atoms with van der Waals surface area (Å²) in [7, 11) is 1.88. The van der Waals surface area contributed by atoms with Gasteiger partial charge < -0.3 is 14.8 Å². The van der Waals surface area contributed by atoms with E-state index in [-0.39, 0.29) is 0 Å². The summed E-state index contributed by atoms with van der Waals surface area (Å²) in [5, 5.41) is 3.79. The Morgan fingerprint density at radius 1 is 1.10 bits per heavy atom. The van der Waals surface area contributed by atoms with E-state index < -0.39 is 0 Å². The number of nitrogens with one attached hydrogen (secondary N) is 1. The minimum absolute atomic E-state index is 0.631. The van der Waals surface area contributed by atoms with Crippen LogP contribution in [0.4, 0.5) is 0 Å². The van der Waals surface area contributed by atoms with Gasteiger partial charge in [-0.3, -0.25) is 0 Å². The molecule has 0 saturated carbocycles. The maximum atomic E-state index is 6.21. The van der Waals surface area contributed by atoms with Gasteiger partial charge in [-0.2, -0.15) is 0 Å². The minimum Gasteiger partial charge on any atom is -0.494 e. The largest absolute Gasteiger partial charge is 0.494 e. The molecule has 2 aromatic rings. The molecule has 0 atom stereocenters. The molecule has 0 fully saturated rings. The summed E-state index contributed by atoms with van der Waals surface area (Å²) < 4.78 is 11.4. The van der Waals surface area contributed by atoms with Crippen molar-refractivity contribution in [1.29, 1.82) is 0 Å². The van der Waals surface area contributed by atoms with Crippen LogP contribution in [0.15, 0.2) is 42.5 Å². The number of rotatable bonds is 6. The summed E-state index contributed by atoms with van der Waals surface area (Å²) in [6.07, 6.45) is 0. The Morgan fingerprint density at radius 3 is 2.60 bits per heavy atom. The second-order valence-electron chi connectivity index (χ2n) is 4.26. The van der Waals surface area contributed by atoms with Gasteiger partial charge in [-0.25, -0.2) is 0 Å². The van der Waals surface area contributed by atoms with Crippen molar-refractivity contribution in [3.8, 4) is 17.2 Å². The molecule has 2 aromatic carbocycles. The van der Waals surface area contributed by atoms with E-state index in [9.17, 15) is 0 Å². The molecular formula is C16H18ClNO2. The van der Waals surface area contributed by atoms with Gasteiger partial charge in [0, 0.05) is 23.2 Å². The normalized spacial score (nSPS) is 10.3. The monoisotopic (exact) mass is 291 g/mol. The predicted octanol–water partition coefficient (Wildman–Crippen LogP) is 4.25. The van der Waals surface area contributed by atoms with Crippen LogP contribution < -0.4 is 14.8 Å². The molecule has 3 nitrogen and oxygen atoms in total. The first-order valence-corrected chi connectivity index (χ1v) is 6.95. The molecule has 0 aliphatic carbocycles. The number of ether oxygens (including phenoxy) is 2. The molecule has 0 bridgehead atoms.